The van der Waals surface area contributed by atoms with E-state index in [4.69, 9.17) is 0 Å². The summed E-state index contributed by atoms with van der Waals surface area (Å²) in [5, 5.41) is 1.08. The van der Waals surface area contributed by atoms with E-state index in [0.717, 1.165) is 16.5 Å². The van der Waals surface area contributed by atoms with Gasteiger partial charge in [0.25, 0.3) is 0 Å². The molecule has 0 aliphatic heterocycles. The molecular weight excluding hydrogens is 339 g/mol. The number of aromatic amines is 1. The number of rotatable bonds is 5. The van der Waals surface area contributed by atoms with Crippen molar-refractivity contribution in [2.24, 2.45) is 0 Å². The molecule has 25 heavy (non-hydrogen) atoms. The molecule has 3 aromatic rings. The van der Waals surface area contributed by atoms with Gasteiger partial charge in [0.2, 0.25) is 10.0 Å². The lowest BCUT2D eigenvalue weighted by molar-refractivity contribution is 0.451. The van der Waals surface area contributed by atoms with Crippen molar-refractivity contribution in [2.45, 2.75) is 37.6 Å². The molecule has 1 aromatic heterocycles. The third-order valence-corrected chi connectivity index (χ3v) is 5.85. The first kappa shape index (κ1) is 17.6. The fraction of sp³-hybridized carbons (Fsp3) is 0.263. The summed E-state index contributed by atoms with van der Waals surface area (Å²) in [7, 11) is -3.74. The van der Waals surface area contributed by atoms with Gasteiger partial charge >= 0.3 is 0 Å². The quantitative estimate of drug-likeness (QED) is 0.724. The molecule has 132 valence electrons. The lowest BCUT2D eigenvalue weighted by Gasteiger charge is -2.26. The Kier molecular flexibility index (Phi) is 4.43. The number of H-pyrrole nitrogens is 1. The smallest absolute Gasteiger partial charge is 0.241 e. The maximum atomic E-state index is 13.4. The molecule has 0 unspecified atom stereocenters. The molecule has 4 nitrogen and oxygen atoms in total. The van der Waals surface area contributed by atoms with Crippen molar-refractivity contribution in [1.29, 1.82) is 0 Å². The van der Waals surface area contributed by atoms with Gasteiger partial charge < -0.3 is 4.98 Å². The average Bonchev–Trinajstić information content (AvgIpc) is 2.91. The van der Waals surface area contributed by atoms with Crippen LogP contribution in [0.4, 0.5) is 4.39 Å². The van der Waals surface area contributed by atoms with E-state index in [0.29, 0.717) is 12.0 Å². The minimum atomic E-state index is -3.74. The van der Waals surface area contributed by atoms with Gasteiger partial charge in [-0.2, -0.15) is 0 Å². The van der Waals surface area contributed by atoms with Gasteiger partial charge in [-0.1, -0.05) is 18.2 Å². The van der Waals surface area contributed by atoms with E-state index in [2.05, 4.69) is 9.71 Å². The standard InChI is InChI=1S/C19H21FN2O2S/c1-13-10-15(8-9-17(13)20)25(23,24)22-19(2,3)11-14-12-21-18-7-5-4-6-16(14)18/h4-10,12,21-22H,11H2,1-3H3. The summed E-state index contributed by atoms with van der Waals surface area (Å²) < 4.78 is 41.5. The van der Waals surface area contributed by atoms with Crippen LogP contribution in [-0.4, -0.2) is 18.9 Å². The van der Waals surface area contributed by atoms with Crippen LogP contribution in [0.15, 0.2) is 53.6 Å². The van der Waals surface area contributed by atoms with Crippen LogP contribution in [0.5, 0.6) is 0 Å². The largest absolute Gasteiger partial charge is 0.361 e. The number of hydrogen-bond donors (Lipinski definition) is 2. The second kappa shape index (κ2) is 6.28. The summed E-state index contributed by atoms with van der Waals surface area (Å²) in [5.41, 5.74) is 1.66. The first-order valence-electron chi connectivity index (χ1n) is 8.03. The van der Waals surface area contributed by atoms with Gasteiger partial charge in [0.15, 0.2) is 0 Å². The van der Waals surface area contributed by atoms with Crippen LogP contribution in [-0.2, 0) is 16.4 Å². The van der Waals surface area contributed by atoms with Crippen molar-refractivity contribution in [2.75, 3.05) is 0 Å². The van der Waals surface area contributed by atoms with Crippen LogP contribution in [0, 0.1) is 12.7 Å². The van der Waals surface area contributed by atoms with Gasteiger partial charge in [0.05, 0.1) is 4.90 Å². The molecule has 0 aliphatic carbocycles. The Labute approximate surface area is 147 Å². The Morgan fingerprint density at radius 1 is 1.16 bits per heavy atom. The number of fused-ring (bicyclic) bond motifs is 1. The SMILES string of the molecule is Cc1cc(S(=O)(=O)NC(C)(C)Cc2c[nH]c3ccccc23)ccc1F. The molecule has 6 heteroatoms. The summed E-state index contributed by atoms with van der Waals surface area (Å²) in [6, 6.07) is 11.7. The minimum Gasteiger partial charge on any atom is -0.361 e. The molecule has 0 radical (unpaired) electrons. The highest BCUT2D eigenvalue weighted by Gasteiger charge is 2.27. The normalized spacial score (nSPS) is 12.6. The van der Waals surface area contributed by atoms with Gasteiger partial charge in [0, 0.05) is 22.6 Å². The molecule has 0 fully saturated rings. The topological polar surface area (TPSA) is 62.0 Å². The number of sulfonamides is 1. The number of hydrogen-bond acceptors (Lipinski definition) is 2. The zero-order valence-electron chi connectivity index (χ0n) is 14.4. The Bertz CT molecular complexity index is 1020. The number of benzene rings is 2. The van der Waals surface area contributed by atoms with Gasteiger partial charge in [-0.25, -0.2) is 17.5 Å². The van der Waals surface area contributed by atoms with E-state index >= 15 is 0 Å². The number of nitrogens with one attached hydrogen (secondary N) is 2. The van der Waals surface area contributed by atoms with Crippen LogP contribution in [0.1, 0.15) is 25.0 Å². The fourth-order valence-corrected chi connectivity index (χ4v) is 4.49. The van der Waals surface area contributed by atoms with Crippen molar-refractivity contribution in [3.63, 3.8) is 0 Å². The molecule has 0 amide bonds. The van der Waals surface area contributed by atoms with Crippen molar-refractivity contribution in [3.05, 3.63) is 65.6 Å². The summed E-state index contributed by atoms with van der Waals surface area (Å²) >= 11 is 0. The van der Waals surface area contributed by atoms with Crippen molar-refractivity contribution in [3.8, 4) is 0 Å². The molecule has 0 saturated carbocycles. The highest BCUT2D eigenvalue weighted by molar-refractivity contribution is 7.89. The zero-order valence-corrected chi connectivity index (χ0v) is 15.2. The first-order valence-corrected chi connectivity index (χ1v) is 9.51. The molecule has 0 aliphatic rings. The molecule has 2 aromatic carbocycles. The van der Waals surface area contributed by atoms with E-state index in [1.165, 1.54) is 18.2 Å². The van der Waals surface area contributed by atoms with Gasteiger partial charge in [0.1, 0.15) is 5.82 Å². The number of halogens is 1. The summed E-state index contributed by atoms with van der Waals surface area (Å²) in [5.74, 6) is -0.419. The molecule has 3 rings (SSSR count). The van der Waals surface area contributed by atoms with Crippen molar-refractivity contribution in [1.82, 2.24) is 9.71 Å². The lowest BCUT2D eigenvalue weighted by Crippen LogP contribution is -2.45. The number of aromatic nitrogens is 1. The molecular formula is C19H21FN2O2S. The zero-order chi connectivity index (χ0) is 18.2. The Balaban J connectivity index is 1.86. The van der Waals surface area contributed by atoms with Crippen LogP contribution >= 0.6 is 0 Å². The van der Waals surface area contributed by atoms with E-state index < -0.39 is 21.4 Å². The average molecular weight is 360 g/mol. The molecule has 0 spiro atoms. The van der Waals surface area contributed by atoms with Crippen LogP contribution in [0.25, 0.3) is 10.9 Å². The maximum absolute atomic E-state index is 13.4. The lowest BCUT2D eigenvalue weighted by atomic mass is 9.96. The second-order valence-corrected chi connectivity index (χ2v) is 8.62. The minimum absolute atomic E-state index is 0.0680. The Morgan fingerprint density at radius 2 is 1.88 bits per heavy atom. The maximum Gasteiger partial charge on any atom is 0.241 e. The highest BCUT2D eigenvalue weighted by atomic mass is 32.2. The molecule has 0 bridgehead atoms. The second-order valence-electron chi connectivity index (χ2n) is 6.94. The van der Waals surface area contributed by atoms with E-state index in [-0.39, 0.29) is 4.90 Å². The third kappa shape index (κ3) is 3.75. The molecule has 0 atom stereocenters. The Hall–Kier alpha value is -2.18. The monoisotopic (exact) mass is 360 g/mol. The fourth-order valence-electron chi connectivity index (χ4n) is 3.00. The summed E-state index contributed by atoms with van der Waals surface area (Å²) in [6.45, 7) is 5.22. The predicted octanol–water partition coefficient (Wildman–Crippen LogP) is 3.92. The molecule has 1 heterocycles. The van der Waals surface area contributed by atoms with Gasteiger partial charge in [-0.05, 0) is 62.6 Å². The summed E-state index contributed by atoms with van der Waals surface area (Å²) in [4.78, 5) is 3.27. The van der Waals surface area contributed by atoms with Crippen molar-refractivity contribution < 1.29 is 12.8 Å². The molecule has 0 saturated heterocycles. The molecule has 2 N–H and O–H groups in total. The first-order chi connectivity index (χ1) is 11.7. The summed E-state index contributed by atoms with van der Waals surface area (Å²) in [6.07, 6.45) is 2.43. The van der Waals surface area contributed by atoms with E-state index in [1.807, 2.05) is 44.3 Å². The number of para-hydroxylation sites is 1. The Morgan fingerprint density at radius 3 is 2.60 bits per heavy atom. The van der Waals surface area contributed by atoms with Crippen LogP contribution in [0.2, 0.25) is 0 Å². The predicted molar refractivity (Wildman–Crippen MR) is 97.5 cm³/mol. The number of aryl methyl sites for hydroxylation is 1. The van der Waals surface area contributed by atoms with Gasteiger partial charge in [-0.15, -0.1) is 0 Å². The van der Waals surface area contributed by atoms with E-state index in [1.54, 1.807) is 6.92 Å². The van der Waals surface area contributed by atoms with Crippen LogP contribution < -0.4 is 4.72 Å². The van der Waals surface area contributed by atoms with Crippen LogP contribution in [0.3, 0.4) is 0 Å². The highest BCUT2D eigenvalue weighted by Crippen LogP contribution is 2.24. The van der Waals surface area contributed by atoms with Gasteiger partial charge in [-0.3, -0.25) is 0 Å². The van der Waals surface area contributed by atoms with Crippen molar-refractivity contribution >= 4 is 20.9 Å². The van der Waals surface area contributed by atoms with E-state index in [9.17, 15) is 12.8 Å². The third-order valence-electron chi connectivity index (χ3n) is 4.16.